The zero-order valence-electron chi connectivity index (χ0n) is 13.7. The van der Waals surface area contributed by atoms with Gasteiger partial charge in [-0.05, 0) is 34.9 Å². The quantitative estimate of drug-likeness (QED) is 0.868. The molecule has 1 atom stereocenters. The molecule has 0 bridgehead atoms. The molecule has 1 aromatic carbocycles. The van der Waals surface area contributed by atoms with Gasteiger partial charge in [-0.1, -0.05) is 40.7 Å². The van der Waals surface area contributed by atoms with Gasteiger partial charge in [0.1, 0.15) is 5.75 Å². The van der Waals surface area contributed by atoms with Crippen molar-refractivity contribution >= 4 is 0 Å². The normalized spacial score (nSPS) is 14.2. The number of aliphatic hydroxyl groups is 1. The van der Waals surface area contributed by atoms with Crippen LogP contribution in [0.2, 0.25) is 0 Å². The van der Waals surface area contributed by atoms with E-state index in [2.05, 4.69) is 46.8 Å². The molecule has 0 heterocycles. The average molecular weight is 279 g/mol. The molecule has 0 saturated carbocycles. The van der Waals surface area contributed by atoms with Crippen molar-refractivity contribution in [3.63, 3.8) is 0 Å². The van der Waals surface area contributed by atoms with Gasteiger partial charge in [0.2, 0.25) is 0 Å². The second-order valence-electron chi connectivity index (χ2n) is 7.37. The van der Waals surface area contributed by atoms with E-state index in [0.717, 1.165) is 17.7 Å². The van der Waals surface area contributed by atoms with Crippen LogP contribution < -0.4 is 10.5 Å². The van der Waals surface area contributed by atoms with Crippen molar-refractivity contribution < 1.29 is 9.84 Å². The third-order valence-corrected chi connectivity index (χ3v) is 3.58. The van der Waals surface area contributed by atoms with E-state index in [0.29, 0.717) is 0 Å². The Morgan fingerprint density at radius 1 is 1.20 bits per heavy atom. The molecule has 1 unspecified atom stereocenters. The van der Waals surface area contributed by atoms with Crippen LogP contribution in [0.3, 0.4) is 0 Å². The molecule has 114 valence electrons. The van der Waals surface area contributed by atoms with Crippen LogP contribution in [-0.4, -0.2) is 18.8 Å². The highest BCUT2D eigenvalue weighted by Crippen LogP contribution is 2.38. The van der Waals surface area contributed by atoms with Gasteiger partial charge in [0.25, 0.3) is 0 Å². The van der Waals surface area contributed by atoms with E-state index in [1.54, 1.807) is 7.11 Å². The number of hydrogen-bond acceptors (Lipinski definition) is 3. The molecule has 1 aromatic rings. The number of benzene rings is 1. The Bertz CT molecular complexity index is 447. The summed E-state index contributed by atoms with van der Waals surface area (Å²) in [5, 5.41) is 9.31. The number of aliphatic hydroxyl groups excluding tert-OH is 1. The summed E-state index contributed by atoms with van der Waals surface area (Å²) in [7, 11) is 1.63. The van der Waals surface area contributed by atoms with Gasteiger partial charge in [-0.3, -0.25) is 0 Å². The summed E-state index contributed by atoms with van der Waals surface area (Å²) in [5.41, 5.74) is 8.38. The summed E-state index contributed by atoms with van der Waals surface area (Å²) in [6.07, 6.45) is 1.07. The topological polar surface area (TPSA) is 55.5 Å². The van der Waals surface area contributed by atoms with Crippen LogP contribution in [0.15, 0.2) is 18.2 Å². The lowest BCUT2D eigenvalue weighted by molar-refractivity contribution is 0.263. The molecule has 0 radical (unpaired) electrons. The van der Waals surface area contributed by atoms with Gasteiger partial charge < -0.3 is 15.6 Å². The molecule has 0 saturated heterocycles. The monoisotopic (exact) mass is 279 g/mol. The first-order chi connectivity index (χ1) is 9.10. The second kappa shape index (κ2) is 6.15. The number of rotatable bonds is 5. The minimum atomic E-state index is -0.407. The molecule has 3 nitrogen and oxygen atoms in total. The smallest absolute Gasteiger partial charge is 0.123 e. The molecule has 0 aromatic heterocycles. The lowest BCUT2D eigenvalue weighted by Gasteiger charge is -2.33. The van der Waals surface area contributed by atoms with Crippen LogP contribution in [0.4, 0.5) is 0 Å². The van der Waals surface area contributed by atoms with E-state index < -0.39 is 6.04 Å². The fourth-order valence-corrected chi connectivity index (χ4v) is 2.97. The average Bonchev–Trinajstić information content (AvgIpc) is 2.34. The Labute approximate surface area is 123 Å². The predicted molar refractivity (Wildman–Crippen MR) is 84.1 cm³/mol. The summed E-state index contributed by atoms with van der Waals surface area (Å²) in [6, 6.07) is 5.71. The maximum Gasteiger partial charge on any atom is 0.123 e. The second-order valence-corrected chi connectivity index (χ2v) is 7.37. The van der Waals surface area contributed by atoms with Crippen LogP contribution in [-0.2, 0) is 5.41 Å². The molecule has 3 N–H and O–H groups in total. The van der Waals surface area contributed by atoms with Crippen LogP contribution in [0.25, 0.3) is 0 Å². The summed E-state index contributed by atoms with van der Waals surface area (Å²) < 4.78 is 5.35. The van der Waals surface area contributed by atoms with Gasteiger partial charge in [0.05, 0.1) is 19.8 Å². The lowest BCUT2D eigenvalue weighted by Crippen LogP contribution is -2.25. The maximum atomic E-state index is 9.31. The summed E-state index contributed by atoms with van der Waals surface area (Å²) >= 11 is 0. The third-order valence-electron chi connectivity index (χ3n) is 3.58. The largest absolute Gasteiger partial charge is 0.496 e. The molecule has 0 aliphatic rings. The molecule has 0 spiro atoms. The summed E-state index contributed by atoms with van der Waals surface area (Å²) in [4.78, 5) is 0. The minimum Gasteiger partial charge on any atom is -0.496 e. The first kappa shape index (κ1) is 17.0. The van der Waals surface area contributed by atoms with Gasteiger partial charge in [-0.2, -0.15) is 0 Å². The molecule has 0 amide bonds. The van der Waals surface area contributed by atoms with Crippen molar-refractivity contribution in [2.45, 2.75) is 52.5 Å². The van der Waals surface area contributed by atoms with Crippen molar-refractivity contribution in [2.24, 2.45) is 11.1 Å². The van der Waals surface area contributed by atoms with Crippen LogP contribution in [0, 0.1) is 5.41 Å². The minimum absolute atomic E-state index is 0.0500. The standard InChI is InChI=1S/C17H29NO2/c1-16(2,3)11-17(4,5)12-7-8-15(20-6)13(9-12)14(18)10-19/h7-9,14,19H,10-11,18H2,1-6H3. The van der Waals surface area contributed by atoms with E-state index >= 15 is 0 Å². The number of methoxy groups -OCH3 is 1. The Balaban J connectivity index is 3.20. The molecule has 1 rings (SSSR count). The lowest BCUT2D eigenvalue weighted by atomic mass is 9.72. The van der Waals surface area contributed by atoms with Gasteiger partial charge >= 0.3 is 0 Å². The Kier molecular flexibility index (Phi) is 5.22. The van der Waals surface area contributed by atoms with Crippen LogP contribution in [0.1, 0.15) is 58.2 Å². The van der Waals surface area contributed by atoms with E-state index in [1.807, 2.05) is 6.07 Å². The Morgan fingerprint density at radius 3 is 2.25 bits per heavy atom. The van der Waals surface area contributed by atoms with Gasteiger partial charge in [-0.15, -0.1) is 0 Å². The van der Waals surface area contributed by atoms with Gasteiger partial charge in [0, 0.05) is 5.56 Å². The van der Waals surface area contributed by atoms with Crippen molar-refractivity contribution in [3.8, 4) is 5.75 Å². The SMILES string of the molecule is COc1ccc(C(C)(C)CC(C)(C)C)cc1C(N)CO. The molecule has 0 aliphatic carbocycles. The van der Waals surface area contributed by atoms with Crippen molar-refractivity contribution in [1.82, 2.24) is 0 Å². The van der Waals surface area contributed by atoms with Crippen LogP contribution >= 0.6 is 0 Å². The van der Waals surface area contributed by atoms with Crippen molar-refractivity contribution in [1.29, 1.82) is 0 Å². The molecular formula is C17H29NO2. The molecule has 0 aliphatic heterocycles. The van der Waals surface area contributed by atoms with E-state index in [-0.39, 0.29) is 17.4 Å². The summed E-state index contributed by atoms with van der Waals surface area (Å²) in [5.74, 6) is 0.738. The van der Waals surface area contributed by atoms with Crippen molar-refractivity contribution in [2.75, 3.05) is 13.7 Å². The third kappa shape index (κ3) is 4.22. The van der Waals surface area contributed by atoms with Gasteiger partial charge in [-0.25, -0.2) is 0 Å². The molecular weight excluding hydrogens is 250 g/mol. The predicted octanol–water partition coefficient (Wildman–Crippen LogP) is 3.40. The van der Waals surface area contributed by atoms with E-state index in [4.69, 9.17) is 10.5 Å². The first-order valence-electron chi connectivity index (χ1n) is 7.15. The summed E-state index contributed by atoms with van der Waals surface area (Å²) in [6.45, 7) is 11.2. The highest BCUT2D eigenvalue weighted by molar-refractivity contribution is 5.41. The number of nitrogens with two attached hydrogens (primary N) is 1. The molecule has 3 heteroatoms. The molecule has 0 fully saturated rings. The Morgan fingerprint density at radius 2 is 1.80 bits per heavy atom. The van der Waals surface area contributed by atoms with Gasteiger partial charge in [0.15, 0.2) is 0 Å². The highest BCUT2D eigenvalue weighted by atomic mass is 16.5. The van der Waals surface area contributed by atoms with E-state index in [1.165, 1.54) is 5.56 Å². The fourth-order valence-electron chi connectivity index (χ4n) is 2.97. The van der Waals surface area contributed by atoms with E-state index in [9.17, 15) is 5.11 Å². The van der Waals surface area contributed by atoms with Crippen molar-refractivity contribution in [3.05, 3.63) is 29.3 Å². The zero-order valence-corrected chi connectivity index (χ0v) is 13.7. The fraction of sp³-hybridized carbons (Fsp3) is 0.647. The maximum absolute atomic E-state index is 9.31. The number of ether oxygens (including phenoxy) is 1. The Hall–Kier alpha value is -1.06. The number of hydrogen-bond donors (Lipinski definition) is 2. The highest BCUT2D eigenvalue weighted by Gasteiger charge is 2.28. The first-order valence-corrected chi connectivity index (χ1v) is 7.15. The zero-order chi connectivity index (χ0) is 15.6. The molecule has 20 heavy (non-hydrogen) atoms. The van der Waals surface area contributed by atoms with Crippen LogP contribution in [0.5, 0.6) is 5.75 Å².